The minimum Gasteiger partial charge on any atom is -0.378 e. The van der Waals surface area contributed by atoms with Crippen LogP contribution in [0.25, 0.3) is 10.9 Å². The number of halogens is 3. The number of nitrogens with zero attached hydrogens (tertiary/aromatic N) is 2. The van der Waals surface area contributed by atoms with Crippen LogP contribution >= 0.6 is 40.7 Å². The van der Waals surface area contributed by atoms with Gasteiger partial charge >= 0.3 is 6.03 Å². The summed E-state index contributed by atoms with van der Waals surface area (Å²) in [5.41, 5.74) is 3.35. The van der Waals surface area contributed by atoms with Crippen LogP contribution in [0.2, 0.25) is 0 Å². The summed E-state index contributed by atoms with van der Waals surface area (Å²) in [6, 6.07) is 14.9. The first-order valence-corrected chi connectivity index (χ1v) is 8.22. The van der Waals surface area contributed by atoms with Crippen molar-refractivity contribution in [3.8, 4) is 0 Å². The monoisotopic (exact) mass is 456 g/mol. The molecule has 0 aliphatic rings. The Balaban J connectivity index is 0.00000169. The van der Waals surface area contributed by atoms with Crippen LogP contribution in [0, 0.1) is 0 Å². The molecule has 0 unspecified atom stereocenters. The molecule has 0 saturated carbocycles. The number of urea groups is 1. The van der Waals surface area contributed by atoms with Crippen LogP contribution in [-0.2, 0) is 0 Å². The van der Waals surface area contributed by atoms with Crippen molar-refractivity contribution in [1.29, 1.82) is 0 Å². The number of nitrogens with one attached hydrogen (secondary N) is 2. The van der Waals surface area contributed by atoms with Crippen LogP contribution in [0.3, 0.4) is 0 Å². The lowest BCUT2D eigenvalue weighted by molar-refractivity contribution is 0.262. The van der Waals surface area contributed by atoms with Crippen molar-refractivity contribution < 1.29 is 4.79 Å². The van der Waals surface area contributed by atoms with E-state index in [1.165, 1.54) is 0 Å². The van der Waals surface area contributed by atoms with E-state index in [-0.39, 0.29) is 30.8 Å². The number of rotatable bonds is 3. The third kappa shape index (κ3) is 5.24. The molecule has 5 nitrogen and oxygen atoms in total. The van der Waals surface area contributed by atoms with Crippen molar-refractivity contribution in [2.24, 2.45) is 0 Å². The summed E-state index contributed by atoms with van der Waals surface area (Å²) in [4.78, 5) is 18.6. The molecule has 0 atom stereocenters. The molecule has 8 heteroatoms. The van der Waals surface area contributed by atoms with Gasteiger partial charge in [-0.15, -0.1) is 24.8 Å². The van der Waals surface area contributed by atoms with E-state index in [2.05, 4.69) is 31.5 Å². The quantitative estimate of drug-likeness (QED) is 0.541. The van der Waals surface area contributed by atoms with E-state index in [0.717, 1.165) is 32.4 Å². The molecule has 0 radical (unpaired) electrons. The number of carbonyl (C=O) groups is 1. The average Bonchev–Trinajstić information content (AvgIpc) is 2.55. The number of hydrogen-bond acceptors (Lipinski definition) is 3. The number of fused-ring (bicyclic) bond motifs is 1. The van der Waals surface area contributed by atoms with Gasteiger partial charge in [0.1, 0.15) is 0 Å². The maximum absolute atomic E-state index is 12.2. The lowest BCUT2D eigenvalue weighted by Crippen LogP contribution is -2.19. The topological polar surface area (TPSA) is 57.3 Å². The molecule has 3 rings (SSSR count). The zero-order valence-corrected chi connectivity index (χ0v) is 17.4. The van der Waals surface area contributed by atoms with E-state index in [9.17, 15) is 4.79 Å². The molecule has 26 heavy (non-hydrogen) atoms. The molecule has 2 N–H and O–H groups in total. The number of pyridine rings is 1. The fraction of sp³-hybridized carbons (Fsp3) is 0.111. The van der Waals surface area contributed by atoms with Crippen molar-refractivity contribution in [2.45, 2.75) is 0 Å². The Hall–Kier alpha value is -2.02. The van der Waals surface area contributed by atoms with Crippen molar-refractivity contribution >= 4 is 74.7 Å². The minimum absolute atomic E-state index is 0. The van der Waals surface area contributed by atoms with Gasteiger partial charge in [0.25, 0.3) is 0 Å². The van der Waals surface area contributed by atoms with Gasteiger partial charge in [-0.25, -0.2) is 4.79 Å². The van der Waals surface area contributed by atoms with Crippen molar-refractivity contribution in [3.63, 3.8) is 0 Å². The lowest BCUT2D eigenvalue weighted by atomic mass is 10.2. The van der Waals surface area contributed by atoms with Gasteiger partial charge in [0, 0.05) is 41.5 Å². The van der Waals surface area contributed by atoms with E-state index in [4.69, 9.17) is 0 Å². The molecular weight excluding hydrogens is 439 g/mol. The normalized spacial score (nSPS) is 9.65. The molecule has 0 saturated heterocycles. The molecule has 1 heterocycles. The first kappa shape index (κ1) is 22.0. The number of anilines is 3. The zero-order valence-electron chi connectivity index (χ0n) is 14.2. The van der Waals surface area contributed by atoms with Gasteiger partial charge in [-0.3, -0.25) is 4.98 Å². The van der Waals surface area contributed by atoms with Crippen molar-refractivity contribution in [1.82, 2.24) is 4.98 Å². The fourth-order valence-electron chi connectivity index (χ4n) is 2.36. The SMILES string of the molecule is CN(C)c1ccc(NC(=O)Nc2ccnc3cc(Br)ccc23)cc1.Cl.Cl. The van der Waals surface area contributed by atoms with Crippen LogP contribution in [0.1, 0.15) is 0 Å². The smallest absolute Gasteiger partial charge is 0.323 e. The predicted molar refractivity (Wildman–Crippen MR) is 117 cm³/mol. The fourth-order valence-corrected chi connectivity index (χ4v) is 2.71. The Kier molecular flexibility index (Phi) is 8.14. The molecule has 2 amide bonds. The zero-order chi connectivity index (χ0) is 17.1. The van der Waals surface area contributed by atoms with Gasteiger partial charge < -0.3 is 15.5 Å². The number of amides is 2. The van der Waals surface area contributed by atoms with Crippen LogP contribution in [0.15, 0.2) is 59.2 Å². The van der Waals surface area contributed by atoms with E-state index in [1.807, 2.05) is 61.5 Å². The third-order valence-corrected chi connectivity index (χ3v) is 4.09. The molecule has 1 aromatic heterocycles. The number of benzene rings is 2. The highest BCUT2D eigenvalue weighted by Gasteiger charge is 2.07. The summed E-state index contributed by atoms with van der Waals surface area (Å²) >= 11 is 3.42. The van der Waals surface area contributed by atoms with E-state index >= 15 is 0 Å². The lowest BCUT2D eigenvalue weighted by Gasteiger charge is -2.13. The Morgan fingerprint density at radius 3 is 2.35 bits per heavy atom. The summed E-state index contributed by atoms with van der Waals surface area (Å²) in [6.45, 7) is 0. The van der Waals surface area contributed by atoms with Gasteiger partial charge in [0.05, 0.1) is 11.2 Å². The highest BCUT2D eigenvalue weighted by molar-refractivity contribution is 9.10. The molecule has 0 fully saturated rings. The Bertz CT molecular complexity index is 888. The standard InChI is InChI=1S/C18H17BrN4O.2ClH/c1-23(2)14-6-4-13(5-7-14)21-18(24)22-16-9-10-20-17-11-12(19)3-8-15(16)17;;/h3-11H,1-2H3,(H2,20,21,22,24);2*1H. The maximum atomic E-state index is 12.2. The molecule has 0 spiro atoms. The predicted octanol–water partition coefficient (Wildman–Crippen LogP) is 5.55. The Morgan fingerprint density at radius 2 is 1.69 bits per heavy atom. The molecule has 2 aromatic carbocycles. The summed E-state index contributed by atoms with van der Waals surface area (Å²) in [5.74, 6) is 0. The summed E-state index contributed by atoms with van der Waals surface area (Å²) < 4.78 is 0.949. The largest absolute Gasteiger partial charge is 0.378 e. The highest BCUT2D eigenvalue weighted by atomic mass is 79.9. The van der Waals surface area contributed by atoms with Crippen LogP contribution in [0.4, 0.5) is 21.9 Å². The second-order valence-electron chi connectivity index (χ2n) is 5.54. The molecule has 0 aliphatic carbocycles. The summed E-state index contributed by atoms with van der Waals surface area (Å²) in [5, 5.41) is 6.60. The number of carbonyl (C=O) groups excluding carboxylic acids is 1. The Morgan fingerprint density at radius 1 is 1.00 bits per heavy atom. The first-order chi connectivity index (χ1) is 11.5. The van der Waals surface area contributed by atoms with Gasteiger partial charge in [0.15, 0.2) is 0 Å². The van der Waals surface area contributed by atoms with Gasteiger partial charge in [-0.1, -0.05) is 15.9 Å². The highest BCUT2D eigenvalue weighted by Crippen LogP contribution is 2.25. The van der Waals surface area contributed by atoms with Gasteiger partial charge in [0.2, 0.25) is 0 Å². The van der Waals surface area contributed by atoms with Gasteiger partial charge in [-0.05, 0) is 48.5 Å². The molecule has 3 aromatic rings. The third-order valence-electron chi connectivity index (χ3n) is 3.59. The van der Waals surface area contributed by atoms with Crippen LogP contribution < -0.4 is 15.5 Å². The second kappa shape index (κ2) is 9.62. The minimum atomic E-state index is -0.289. The van der Waals surface area contributed by atoms with E-state index in [0.29, 0.717) is 0 Å². The van der Waals surface area contributed by atoms with E-state index in [1.54, 1.807) is 12.3 Å². The molecule has 138 valence electrons. The summed E-state index contributed by atoms with van der Waals surface area (Å²) in [7, 11) is 3.95. The average molecular weight is 458 g/mol. The summed E-state index contributed by atoms with van der Waals surface area (Å²) in [6.07, 6.45) is 1.68. The van der Waals surface area contributed by atoms with E-state index < -0.39 is 0 Å². The first-order valence-electron chi connectivity index (χ1n) is 7.42. The Labute approximate surface area is 173 Å². The van der Waals surface area contributed by atoms with Gasteiger partial charge in [-0.2, -0.15) is 0 Å². The van der Waals surface area contributed by atoms with Crippen LogP contribution in [0.5, 0.6) is 0 Å². The molecule has 0 aliphatic heterocycles. The number of aromatic nitrogens is 1. The second-order valence-corrected chi connectivity index (χ2v) is 6.46. The maximum Gasteiger partial charge on any atom is 0.323 e. The molecular formula is C18H19BrCl2N4O. The van der Waals surface area contributed by atoms with Crippen molar-refractivity contribution in [2.75, 3.05) is 29.6 Å². The van der Waals surface area contributed by atoms with Crippen molar-refractivity contribution in [3.05, 3.63) is 59.2 Å². The molecule has 0 bridgehead atoms. The number of hydrogen-bond donors (Lipinski definition) is 2. The van der Waals surface area contributed by atoms with Crippen LogP contribution in [-0.4, -0.2) is 25.1 Å².